The molecule has 0 aliphatic heterocycles. The van der Waals surface area contributed by atoms with E-state index in [4.69, 9.17) is 16.7 Å². The molecule has 0 radical (unpaired) electrons. The number of carboxylic acids is 1. The highest BCUT2D eigenvalue weighted by Gasteiger charge is 2.30. The van der Waals surface area contributed by atoms with Crippen LogP contribution in [0, 0.1) is 0 Å². The summed E-state index contributed by atoms with van der Waals surface area (Å²) in [6.07, 6.45) is 2.11. The van der Waals surface area contributed by atoms with Crippen LogP contribution in [-0.4, -0.2) is 33.7 Å². The van der Waals surface area contributed by atoms with Crippen molar-refractivity contribution >= 4 is 17.6 Å². The number of rotatable bonds is 5. The Balaban J connectivity index is 2.06. The SMILES string of the molecule is O=C(O)CN(Cc1ccc(O)c(Cl)c1)C1CC1. The molecule has 1 aliphatic rings. The molecule has 1 aliphatic carbocycles. The van der Waals surface area contributed by atoms with Crippen molar-refractivity contribution in [2.45, 2.75) is 25.4 Å². The molecule has 2 rings (SSSR count). The molecule has 5 heteroatoms. The van der Waals surface area contributed by atoms with Gasteiger partial charge in [-0.15, -0.1) is 0 Å². The minimum Gasteiger partial charge on any atom is -0.506 e. The van der Waals surface area contributed by atoms with Gasteiger partial charge in [0.1, 0.15) is 5.75 Å². The fraction of sp³-hybridized carbons (Fsp3) is 0.417. The number of phenolic OH excluding ortho intramolecular Hbond substituents is 1. The molecule has 0 bridgehead atoms. The zero-order valence-electron chi connectivity index (χ0n) is 9.27. The largest absolute Gasteiger partial charge is 0.506 e. The number of phenols is 1. The highest BCUT2D eigenvalue weighted by Crippen LogP contribution is 2.29. The average Bonchev–Trinajstić information content (AvgIpc) is 3.05. The van der Waals surface area contributed by atoms with Crippen LogP contribution < -0.4 is 0 Å². The van der Waals surface area contributed by atoms with Gasteiger partial charge >= 0.3 is 5.97 Å². The topological polar surface area (TPSA) is 60.8 Å². The number of aromatic hydroxyl groups is 1. The first-order chi connectivity index (χ1) is 8.06. The molecule has 1 fully saturated rings. The molecule has 2 N–H and O–H groups in total. The summed E-state index contributed by atoms with van der Waals surface area (Å²) < 4.78 is 0. The highest BCUT2D eigenvalue weighted by molar-refractivity contribution is 6.32. The molecule has 0 saturated heterocycles. The van der Waals surface area contributed by atoms with E-state index in [0.29, 0.717) is 17.6 Å². The molecule has 1 aromatic carbocycles. The number of halogens is 1. The second-order valence-electron chi connectivity index (χ2n) is 4.32. The Morgan fingerprint density at radius 1 is 1.47 bits per heavy atom. The van der Waals surface area contributed by atoms with E-state index in [-0.39, 0.29) is 12.3 Å². The molecule has 92 valence electrons. The van der Waals surface area contributed by atoms with Gasteiger partial charge in [-0.3, -0.25) is 9.69 Å². The van der Waals surface area contributed by atoms with Crippen LogP contribution >= 0.6 is 11.6 Å². The smallest absolute Gasteiger partial charge is 0.317 e. The summed E-state index contributed by atoms with van der Waals surface area (Å²) in [5.74, 6) is -0.770. The van der Waals surface area contributed by atoms with Gasteiger partial charge in [0.2, 0.25) is 0 Å². The number of aliphatic carboxylic acids is 1. The Kier molecular flexibility index (Phi) is 3.54. The zero-order valence-corrected chi connectivity index (χ0v) is 10.0. The summed E-state index contributed by atoms with van der Waals surface area (Å²) >= 11 is 5.81. The first-order valence-electron chi connectivity index (χ1n) is 5.49. The summed E-state index contributed by atoms with van der Waals surface area (Å²) in [5, 5.41) is 18.4. The van der Waals surface area contributed by atoms with Crippen molar-refractivity contribution in [3.05, 3.63) is 28.8 Å². The van der Waals surface area contributed by atoms with E-state index in [1.54, 1.807) is 12.1 Å². The molecule has 4 nitrogen and oxygen atoms in total. The van der Waals surface area contributed by atoms with E-state index >= 15 is 0 Å². The predicted octanol–water partition coefficient (Wildman–Crippen LogP) is 2.09. The van der Waals surface area contributed by atoms with Gasteiger partial charge in [-0.2, -0.15) is 0 Å². The maximum absolute atomic E-state index is 10.7. The summed E-state index contributed by atoms with van der Waals surface area (Å²) in [4.78, 5) is 12.7. The van der Waals surface area contributed by atoms with Crippen molar-refractivity contribution in [2.24, 2.45) is 0 Å². The molecule has 0 heterocycles. The molecule has 1 saturated carbocycles. The number of hydrogen-bond donors (Lipinski definition) is 2. The van der Waals surface area contributed by atoms with Crippen LogP contribution in [0.3, 0.4) is 0 Å². The number of nitrogens with zero attached hydrogens (tertiary/aromatic N) is 1. The minimum absolute atomic E-state index is 0.0448. The van der Waals surface area contributed by atoms with Gasteiger partial charge in [0.15, 0.2) is 0 Å². The van der Waals surface area contributed by atoms with Crippen molar-refractivity contribution in [1.82, 2.24) is 4.90 Å². The van der Waals surface area contributed by atoms with Gasteiger partial charge in [-0.25, -0.2) is 0 Å². The summed E-state index contributed by atoms with van der Waals surface area (Å²) in [5.41, 5.74) is 0.918. The second kappa shape index (κ2) is 4.94. The molecular weight excluding hydrogens is 242 g/mol. The Morgan fingerprint density at radius 2 is 2.18 bits per heavy atom. The van der Waals surface area contributed by atoms with Crippen molar-refractivity contribution < 1.29 is 15.0 Å². The van der Waals surface area contributed by atoms with E-state index < -0.39 is 5.97 Å². The maximum atomic E-state index is 10.7. The third-order valence-electron chi connectivity index (χ3n) is 2.80. The lowest BCUT2D eigenvalue weighted by Gasteiger charge is -2.19. The molecule has 0 atom stereocenters. The lowest BCUT2D eigenvalue weighted by molar-refractivity contribution is -0.138. The Bertz CT molecular complexity index is 432. The third-order valence-corrected chi connectivity index (χ3v) is 3.10. The van der Waals surface area contributed by atoms with Crippen molar-refractivity contribution in [2.75, 3.05) is 6.54 Å². The molecule has 0 aromatic heterocycles. The average molecular weight is 256 g/mol. The number of benzene rings is 1. The van der Waals surface area contributed by atoms with Gasteiger partial charge in [0.25, 0.3) is 0 Å². The molecular formula is C12H14ClNO3. The van der Waals surface area contributed by atoms with Gasteiger partial charge in [-0.05, 0) is 30.5 Å². The highest BCUT2D eigenvalue weighted by atomic mass is 35.5. The first kappa shape index (κ1) is 12.2. The van der Waals surface area contributed by atoms with E-state index in [0.717, 1.165) is 18.4 Å². The molecule has 0 amide bonds. The quantitative estimate of drug-likeness (QED) is 0.846. The monoisotopic (exact) mass is 255 g/mol. The normalized spacial score (nSPS) is 15.2. The van der Waals surface area contributed by atoms with E-state index in [2.05, 4.69) is 0 Å². The van der Waals surface area contributed by atoms with Crippen LogP contribution in [0.4, 0.5) is 0 Å². The van der Waals surface area contributed by atoms with Crippen molar-refractivity contribution in [1.29, 1.82) is 0 Å². The lowest BCUT2D eigenvalue weighted by atomic mass is 10.2. The molecule has 17 heavy (non-hydrogen) atoms. The summed E-state index contributed by atoms with van der Waals surface area (Å²) in [7, 11) is 0. The van der Waals surface area contributed by atoms with Crippen molar-refractivity contribution in [3.63, 3.8) is 0 Å². The number of carbonyl (C=O) groups is 1. The maximum Gasteiger partial charge on any atom is 0.317 e. The summed E-state index contributed by atoms with van der Waals surface area (Å²) in [6, 6.07) is 5.34. The van der Waals surface area contributed by atoms with E-state index in [9.17, 15) is 9.90 Å². The standard InChI is InChI=1S/C12H14ClNO3/c13-10-5-8(1-4-11(10)15)6-14(7-12(16)17)9-2-3-9/h1,4-5,9,15H,2-3,6-7H2,(H,16,17). The van der Waals surface area contributed by atoms with Crippen LogP contribution in [0.2, 0.25) is 5.02 Å². The molecule has 0 spiro atoms. The van der Waals surface area contributed by atoms with Gasteiger partial charge < -0.3 is 10.2 Å². The lowest BCUT2D eigenvalue weighted by Crippen LogP contribution is -2.31. The number of carboxylic acid groups (broad SMARTS) is 1. The zero-order chi connectivity index (χ0) is 12.4. The second-order valence-corrected chi connectivity index (χ2v) is 4.72. The van der Waals surface area contributed by atoms with E-state index in [1.807, 2.05) is 4.90 Å². The fourth-order valence-corrected chi connectivity index (χ4v) is 2.01. The Labute approximate surface area is 104 Å². The van der Waals surface area contributed by atoms with Crippen LogP contribution in [0.1, 0.15) is 18.4 Å². The van der Waals surface area contributed by atoms with Gasteiger partial charge in [-0.1, -0.05) is 17.7 Å². The van der Waals surface area contributed by atoms with Crippen LogP contribution in [0.25, 0.3) is 0 Å². The Morgan fingerprint density at radius 3 is 2.71 bits per heavy atom. The van der Waals surface area contributed by atoms with Crippen molar-refractivity contribution in [3.8, 4) is 5.75 Å². The van der Waals surface area contributed by atoms with Gasteiger partial charge in [0, 0.05) is 12.6 Å². The molecule has 1 aromatic rings. The minimum atomic E-state index is -0.818. The van der Waals surface area contributed by atoms with Crippen LogP contribution in [0.15, 0.2) is 18.2 Å². The third kappa shape index (κ3) is 3.35. The predicted molar refractivity (Wildman–Crippen MR) is 64.2 cm³/mol. The summed E-state index contributed by atoms with van der Waals surface area (Å²) in [6.45, 7) is 0.597. The fourth-order valence-electron chi connectivity index (χ4n) is 1.81. The first-order valence-corrected chi connectivity index (χ1v) is 5.87. The molecule has 0 unspecified atom stereocenters. The number of hydrogen-bond acceptors (Lipinski definition) is 3. The Hall–Kier alpha value is -1.26. The van der Waals surface area contributed by atoms with Crippen LogP contribution in [-0.2, 0) is 11.3 Å². The van der Waals surface area contributed by atoms with E-state index in [1.165, 1.54) is 6.07 Å². The van der Waals surface area contributed by atoms with Gasteiger partial charge in [0.05, 0.1) is 11.6 Å². The van der Waals surface area contributed by atoms with Crippen LogP contribution in [0.5, 0.6) is 5.75 Å².